The molecule has 2 heterocycles. The molecule has 3 nitrogen and oxygen atoms in total. The number of nitrogens with zero attached hydrogens (tertiary/aromatic N) is 1. The van der Waals surface area contributed by atoms with Crippen LogP contribution in [-0.4, -0.2) is 6.10 Å². The van der Waals surface area contributed by atoms with Crippen molar-refractivity contribution in [3.8, 4) is 50.3 Å². The molecular formula is C58H39NO2. The average Bonchev–Trinajstić information content (AvgIpc) is 3.91. The number of fused-ring (bicyclic) bond motifs is 8. The number of para-hydroxylation sites is 2. The highest BCUT2D eigenvalue weighted by Gasteiger charge is 2.32. The van der Waals surface area contributed by atoms with E-state index in [1.54, 1.807) is 0 Å². The van der Waals surface area contributed by atoms with Crippen LogP contribution in [0.15, 0.2) is 229 Å². The summed E-state index contributed by atoms with van der Waals surface area (Å²) in [5.74, 6) is 1.26. The van der Waals surface area contributed by atoms with Crippen molar-refractivity contribution < 1.29 is 9.15 Å². The minimum Gasteiger partial charge on any atom is -0.485 e. The second-order valence-corrected chi connectivity index (χ2v) is 16.0. The minimum absolute atomic E-state index is 0.0820. The zero-order chi connectivity index (χ0) is 40.3. The summed E-state index contributed by atoms with van der Waals surface area (Å²) < 4.78 is 13.2. The van der Waals surface area contributed by atoms with Gasteiger partial charge in [-0.3, -0.25) is 0 Å². The first kappa shape index (κ1) is 35.1. The van der Waals surface area contributed by atoms with Gasteiger partial charge in [-0.1, -0.05) is 170 Å². The lowest BCUT2D eigenvalue weighted by Gasteiger charge is -2.26. The van der Waals surface area contributed by atoms with E-state index in [4.69, 9.17) is 9.15 Å². The Labute approximate surface area is 354 Å². The standard InChI is InChI=1S/C58H39NO2/c1-3-12-38(13-4-1)39-22-24-42(25-23-39)53-37-54-52-20-11-19-47(57(52)61-58(54)51-18-8-7-16-48(51)53)41-28-33-46(34-29-41)59(44-14-5-2-6-15-44)45-31-26-40(27-32-45)43-30-35-50-49-17-9-10-21-55(49)60-56(50)36-43/h1-37,49,55H. The summed E-state index contributed by atoms with van der Waals surface area (Å²) in [6.07, 6.45) is 8.65. The molecule has 0 N–H and O–H groups in total. The van der Waals surface area contributed by atoms with Gasteiger partial charge in [0, 0.05) is 50.3 Å². The lowest BCUT2D eigenvalue weighted by atomic mass is 9.91. The van der Waals surface area contributed by atoms with Gasteiger partial charge < -0.3 is 14.1 Å². The maximum Gasteiger partial charge on any atom is 0.143 e. The van der Waals surface area contributed by atoms with Crippen molar-refractivity contribution in [1.29, 1.82) is 0 Å². The van der Waals surface area contributed by atoms with Crippen molar-refractivity contribution in [2.45, 2.75) is 12.0 Å². The van der Waals surface area contributed by atoms with Crippen LogP contribution in [0.5, 0.6) is 5.75 Å². The molecule has 1 aliphatic heterocycles. The Bertz CT molecular complexity index is 3310. The van der Waals surface area contributed by atoms with E-state index in [9.17, 15) is 0 Å². The maximum atomic E-state index is 6.91. The van der Waals surface area contributed by atoms with Gasteiger partial charge >= 0.3 is 0 Å². The van der Waals surface area contributed by atoms with Gasteiger partial charge in [0.25, 0.3) is 0 Å². The fourth-order valence-corrected chi connectivity index (χ4v) is 9.39. The molecule has 10 aromatic rings. The first-order chi connectivity index (χ1) is 30.2. The number of furan rings is 1. The highest BCUT2D eigenvalue weighted by atomic mass is 16.5. The molecule has 0 fully saturated rings. The smallest absolute Gasteiger partial charge is 0.143 e. The van der Waals surface area contributed by atoms with Crippen molar-refractivity contribution in [1.82, 2.24) is 0 Å². The van der Waals surface area contributed by atoms with E-state index < -0.39 is 0 Å². The molecule has 1 aromatic heterocycles. The molecule has 2 atom stereocenters. The van der Waals surface area contributed by atoms with E-state index in [2.05, 4.69) is 229 Å². The highest BCUT2D eigenvalue weighted by molar-refractivity contribution is 6.20. The third-order valence-corrected chi connectivity index (χ3v) is 12.4. The molecule has 1 aliphatic carbocycles. The summed E-state index contributed by atoms with van der Waals surface area (Å²) in [5, 5.41) is 4.52. The number of ether oxygens (including phenoxy) is 1. The molecule has 288 valence electrons. The zero-order valence-electron chi connectivity index (χ0n) is 33.3. The quantitative estimate of drug-likeness (QED) is 0.161. The Kier molecular flexibility index (Phi) is 8.31. The Morgan fingerprint density at radius 1 is 0.361 bits per heavy atom. The number of hydrogen-bond acceptors (Lipinski definition) is 3. The number of allylic oxidation sites excluding steroid dienone is 2. The van der Waals surface area contributed by atoms with Crippen molar-refractivity contribution in [3.63, 3.8) is 0 Å². The van der Waals surface area contributed by atoms with E-state index in [1.807, 2.05) is 0 Å². The fraction of sp³-hybridized carbons (Fsp3) is 0.0345. The largest absolute Gasteiger partial charge is 0.485 e. The molecule has 12 rings (SSSR count). The Hall–Kier alpha value is -7.88. The fourth-order valence-electron chi connectivity index (χ4n) is 9.39. The van der Waals surface area contributed by atoms with Crippen LogP contribution in [0.4, 0.5) is 17.1 Å². The van der Waals surface area contributed by atoms with Gasteiger partial charge in [-0.05, 0) is 98.9 Å². The molecule has 0 amide bonds. The molecule has 61 heavy (non-hydrogen) atoms. The molecule has 0 saturated heterocycles. The van der Waals surface area contributed by atoms with Gasteiger partial charge in [-0.2, -0.15) is 0 Å². The van der Waals surface area contributed by atoms with E-state index in [0.717, 1.165) is 72.4 Å². The van der Waals surface area contributed by atoms with Crippen molar-refractivity contribution in [2.24, 2.45) is 0 Å². The van der Waals surface area contributed by atoms with Gasteiger partial charge in [0.2, 0.25) is 0 Å². The highest BCUT2D eigenvalue weighted by Crippen LogP contribution is 2.45. The van der Waals surface area contributed by atoms with Gasteiger partial charge in [0.05, 0.1) is 0 Å². The summed E-state index contributed by atoms with van der Waals surface area (Å²) >= 11 is 0. The second-order valence-electron chi connectivity index (χ2n) is 16.0. The third-order valence-electron chi connectivity index (χ3n) is 12.4. The molecule has 2 unspecified atom stereocenters. The molecular weight excluding hydrogens is 743 g/mol. The van der Waals surface area contributed by atoms with Crippen LogP contribution in [0, 0.1) is 0 Å². The van der Waals surface area contributed by atoms with E-state index >= 15 is 0 Å². The summed E-state index contributed by atoms with van der Waals surface area (Å²) in [4.78, 5) is 2.31. The van der Waals surface area contributed by atoms with Crippen LogP contribution in [-0.2, 0) is 0 Å². The van der Waals surface area contributed by atoms with Crippen LogP contribution in [0.1, 0.15) is 11.5 Å². The van der Waals surface area contributed by atoms with Crippen LogP contribution in [0.2, 0.25) is 0 Å². The lowest BCUT2D eigenvalue weighted by Crippen LogP contribution is -2.15. The topological polar surface area (TPSA) is 25.6 Å². The van der Waals surface area contributed by atoms with Crippen LogP contribution < -0.4 is 9.64 Å². The Morgan fingerprint density at radius 2 is 0.902 bits per heavy atom. The first-order valence-electron chi connectivity index (χ1n) is 21.0. The van der Waals surface area contributed by atoms with Crippen LogP contribution >= 0.6 is 0 Å². The van der Waals surface area contributed by atoms with Crippen LogP contribution in [0.3, 0.4) is 0 Å². The van der Waals surface area contributed by atoms with E-state index in [1.165, 1.54) is 33.2 Å². The van der Waals surface area contributed by atoms with Gasteiger partial charge in [-0.25, -0.2) is 0 Å². The zero-order valence-corrected chi connectivity index (χ0v) is 33.3. The number of rotatable bonds is 7. The Morgan fingerprint density at radius 3 is 1.67 bits per heavy atom. The summed E-state index contributed by atoms with van der Waals surface area (Å²) in [6, 6.07) is 71.8. The van der Waals surface area contributed by atoms with E-state index in [-0.39, 0.29) is 12.0 Å². The predicted molar refractivity (Wildman–Crippen MR) is 253 cm³/mol. The van der Waals surface area contributed by atoms with Crippen molar-refractivity contribution >= 4 is 49.8 Å². The average molecular weight is 782 g/mol. The molecule has 9 aromatic carbocycles. The first-order valence-corrected chi connectivity index (χ1v) is 21.0. The summed E-state index contributed by atoms with van der Waals surface area (Å²) in [6.45, 7) is 0. The van der Waals surface area contributed by atoms with Gasteiger partial charge in [-0.15, -0.1) is 0 Å². The second kappa shape index (κ2) is 14.4. The monoisotopic (exact) mass is 781 g/mol. The minimum atomic E-state index is 0.0820. The predicted octanol–water partition coefficient (Wildman–Crippen LogP) is 15.8. The van der Waals surface area contributed by atoms with Crippen LogP contribution in [0.25, 0.3) is 77.2 Å². The molecule has 0 saturated carbocycles. The van der Waals surface area contributed by atoms with Gasteiger partial charge in [0.15, 0.2) is 0 Å². The lowest BCUT2D eigenvalue weighted by molar-refractivity contribution is 0.269. The Balaban J connectivity index is 0.891. The summed E-state index contributed by atoms with van der Waals surface area (Å²) in [5.41, 5.74) is 15.6. The molecule has 0 radical (unpaired) electrons. The molecule has 3 heteroatoms. The molecule has 0 bridgehead atoms. The SMILES string of the molecule is C1=CC2Oc3cc(-c4ccc(N(c5ccccc5)c5ccc(-c6cccc7c6oc6c8ccccc8c(-c8ccc(-c9ccccc9)cc8)cc76)cc5)cc4)ccc3C2C=C1. The number of benzene rings is 9. The number of anilines is 3. The maximum absolute atomic E-state index is 6.91. The van der Waals surface area contributed by atoms with Crippen molar-refractivity contribution in [2.75, 3.05) is 4.90 Å². The summed E-state index contributed by atoms with van der Waals surface area (Å²) in [7, 11) is 0. The normalized spacial score (nSPS) is 15.2. The van der Waals surface area contributed by atoms with E-state index in [0.29, 0.717) is 0 Å². The van der Waals surface area contributed by atoms with Crippen molar-refractivity contribution in [3.05, 3.63) is 230 Å². The third kappa shape index (κ3) is 6.05. The molecule has 0 spiro atoms. The molecule has 2 aliphatic rings. The van der Waals surface area contributed by atoms with Gasteiger partial charge in [0.1, 0.15) is 23.0 Å². The number of hydrogen-bond donors (Lipinski definition) is 0.